The fourth-order valence-electron chi connectivity index (χ4n) is 3.26. The van der Waals surface area contributed by atoms with Crippen LogP contribution in [0.5, 0.6) is 0 Å². The molecule has 0 aliphatic carbocycles. The average molecular weight is 352 g/mol. The van der Waals surface area contributed by atoms with Gasteiger partial charge in [0, 0.05) is 23.8 Å². The molecule has 3 heterocycles. The van der Waals surface area contributed by atoms with Crippen molar-refractivity contribution < 1.29 is 4.39 Å². The lowest BCUT2D eigenvalue weighted by atomic mass is 10.0. The molecular weight excluding hydrogens is 335 g/mol. The number of anilines is 1. The second kappa shape index (κ2) is 6.29. The van der Waals surface area contributed by atoms with E-state index >= 15 is 0 Å². The van der Waals surface area contributed by atoms with E-state index in [1.807, 2.05) is 47.5 Å². The molecule has 4 nitrogen and oxygen atoms in total. The van der Waals surface area contributed by atoms with Gasteiger partial charge in [-0.1, -0.05) is 6.07 Å². The maximum absolute atomic E-state index is 13.7. The molecule has 2 aromatic heterocycles. The van der Waals surface area contributed by atoms with Crippen molar-refractivity contribution >= 4 is 23.0 Å². The van der Waals surface area contributed by atoms with Gasteiger partial charge in [0.2, 0.25) is 0 Å². The molecular formula is C19H17FN4S. The predicted octanol–water partition coefficient (Wildman–Crippen LogP) is 4.03. The smallest absolute Gasteiger partial charge is 0.174 e. The summed E-state index contributed by atoms with van der Waals surface area (Å²) in [6.45, 7) is 1.76. The van der Waals surface area contributed by atoms with Crippen LogP contribution in [-0.2, 0) is 0 Å². The van der Waals surface area contributed by atoms with Crippen LogP contribution in [0.1, 0.15) is 29.0 Å². The lowest BCUT2D eigenvalue weighted by molar-refractivity contribution is 0.558. The Labute approximate surface area is 150 Å². The third-order valence-corrected chi connectivity index (χ3v) is 4.77. The lowest BCUT2D eigenvalue weighted by Crippen LogP contribution is -2.29. The van der Waals surface area contributed by atoms with E-state index in [4.69, 9.17) is 12.2 Å². The number of nitrogens with one attached hydrogen (secondary N) is 2. The third-order valence-electron chi connectivity index (χ3n) is 4.46. The van der Waals surface area contributed by atoms with Gasteiger partial charge in [0.1, 0.15) is 11.9 Å². The summed E-state index contributed by atoms with van der Waals surface area (Å²) in [5, 5.41) is 3.97. The number of aromatic nitrogens is 2. The van der Waals surface area contributed by atoms with Crippen molar-refractivity contribution in [3.05, 3.63) is 83.7 Å². The number of hydrogen-bond donors (Lipinski definition) is 2. The zero-order valence-corrected chi connectivity index (χ0v) is 14.4. The number of benzene rings is 1. The van der Waals surface area contributed by atoms with Crippen molar-refractivity contribution in [3.63, 3.8) is 0 Å². The molecule has 6 heteroatoms. The van der Waals surface area contributed by atoms with Gasteiger partial charge in [-0.25, -0.2) is 4.39 Å². The zero-order chi connectivity index (χ0) is 17.4. The van der Waals surface area contributed by atoms with Crippen LogP contribution < -0.4 is 10.2 Å². The van der Waals surface area contributed by atoms with Gasteiger partial charge in [0.05, 0.1) is 11.7 Å². The minimum absolute atomic E-state index is 0.0951. The first kappa shape index (κ1) is 15.8. The van der Waals surface area contributed by atoms with E-state index in [9.17, 15) is 4.39 Å². The maximum atomic E-state index is 13.7. The predicted molar refractivity (Wildman–Crippen MR) is 99.9 cm³/mol. The number of nitrogens with zero attached hydrogens (tertiary/aromatic N) is 2. The van der Waals surface area contributed by atoms with E-state index in [0.717, 1.165) is 17.1 Å². The van der Waals surface area contributed by atoms with E-state index < -0.39 is 0 Å². The largest absolute Gasteiger partial charge is 0.363 e. The number of H-pyrrole nitrogens is 1. The van der Waals surface area contributed by atoms with Gasteiger partial charge in [-0.05, 0) is 67.2 Å². The second-order valence-corrected chi connectivity index (χ2v) is 6.44. The minimum Gasteiger partial charge on any atom is -0.363 e. The topological polar surface area (TPSA) is 44.0 Å². The first-order valence-electron chi connectivity index (χ1n) is 8.05. The van der Waals surface area contributed by atoms with Crippen LogP contribution in [0.25, 0.3) is 0 Å². The molecule has 4 rings (SSSR count). The molecule has 1 fully saturated rings. The Bertz CT molecular complexity index is 895. The number of thiocarbonyl (C=S) groups is 1. The summed E-state index contributed by atoms with van der Waals surface area (Å²) in [6, 6.07) is 14.7. The van der Waals surface area contributed by atoms with E-state index in [1.165, 1.54) is 6.07 Å². The molecule has 0 radical (unpaired) electrons. The normalized spacial score (nSPS) is 19.9. The van der Waals surface area contributed by atoms with Gasteiger partial charge in [-0.2, -0.15) is 0 Å². The molecule has 0 unspecified atom stereocenters. The number of rotatable bonds is 3. The van der Waals surface area contributed by atoms with Crippen LogP contribution in [0.3, 0.4) is 0 Å². The van der Waals surface area contributed by atoms with Gasteiger partial charge in [-0.15, -0.1) is 0 Å². The van der Waals surface area contributed by atoms with Crippen molar-refractivity contribution in [1.29, 1.82) is 0 Å². The molecule has 1 aliphatic heterocycles. The van der Waals surface area contributed by atoms with E-state index in [2.05, 4.69) is 15.3 Å². The zero-order valence-electron chi connectivity index (χ0n) is 13.6. The monoisotopic (exact) mass is 352 g/mol. The quantitative estimate of drug-likeness (QED) is 0.699. The standard InChI is InChI=1S/C19H17FN4S/c1-12-11-13(7-8-14(12)20)24-18(16-6-4-10-22-16)17(23-19(24)25)15-5-2-3-9-21-15/h2-11,17-18,22H,1H3,(H,23,25)/t17-,18-/m1/s1. The van der Waals surface area contributed by atoms with Crippen LogP contribution in [0, 0.1) is 12.7 Å². The fourth-order valence-corrected chi connectivity index (χ4v) is 3.60. The second-order valence-electron chi connectivity index (χ2n) is 6.06. The van der Waals surface area contributed by atoms with Crippen LogP contribution in [0.4, 0.5) is 10.1 Å². The highest BCUT2D eigenvalue weighted by molar-refractivity contribution is 7.80. The summed E-state index contributed by atoms with van der Waals surface area (Å²) in [4.78, 5) is 9.80. The Hall–Kier alpha value is -2.73. The van der Waals surface area contributed by atoms with Crippen LogP contribution in [-0.4, -0.2) is 15.1 Å². The highest BCUT2D eigenvalue weighted by Crippen LogP contribution is 2.41. The highest BCUT2D eigenvalue weighted by Gasteiger charge is 2.41. The number of pyridine rings is 1. The first-order chi connectivity index (χ1) is 12.1. The van der Waals surface area contributed by atoms with E-state index in [-0.39, 0.29) is 17.9 Å². The first-order valence-corrected chi connectivity index (χ1v) is 8.46. The number of hydrogen-bond acceptors (Lipinski definition) is 2. The molecule has 3 aromatic rings. The molecule has 0 spiro atoms. The Morgan fingerprint density at radius 3 is 2.72 bits per heavy atom. The van der Waals surface area contributed by atoms with Gasteiger partial charge >= 0.3 is 0 Å². The molecule has 1 saturated heterocycles. The van der Waals surface area contributed by atoms with Crippen molar-refractivity contribution in [1.82, 2.24) is 15.3 Å². The Morgan fingerprint density at radius 1 is 1.16 bits per heavy atom. The molecule has 0 amide bonds. The molecule has 0 bridgehead atoms. The molecule has 1 aromatic carbocycles. The Morgan fingerprint density at radius 2 is 2.04 bits per heavy atom. The summed E-state index contributed by atoms with van der Waals surface area (Å²) in [6.07, 6.45) is 3.66. The minimum atomic E-state index is -0.223. The molecule has 2 atom stereocenters. The maximum Gasteiger partial charge on any atom is 0.174 e. The SMILES string of the molecule is Cc1cc(N2C(=S)N[C@H](c3ccccn3)[C@H]2c2ccc[nH]2)ccc1F. The molecule has 126 valence electrons. The summed E-state index contributed by atoms with van der Waals surface area (Å²) in [7, 11) is 0. The van der Waals surface area contributed by atoms with Crippen LogP contribution >= 0.6 is 12.2 Å². The summed E-state index contributed by atoms with van der Waals surface area (Å²) in [5.74, 6) is -0.223. The molecule has 0 saturated carbocycles. The van der Waals surface area contributed by atoms with Gasteiger partial charge in [0.25, 0.3) is 0 Å². The number of aromatic amines is 1. The Kier molecular flexibility index (Phi) is 3.97. The van der Waals surface area contributed by atoms with Crippen molar-refractivity contribution in [3.8, 4) is 0 Å². The van der Waals surface area contributed by atoms with Gasteiger partial charge in [-0.3, -0.25) is 4.98 Å². The van der Waals surface area contributed by atoms with E-state index in [1.54, 1.807) is 19.2 Å². The summed E-state index contributed by atoms with van der Waals surface area (Å²) in [5.41, 5.74) is 3.37. The number of halogens is 1. The van der Waals surface area contributed by atoms with Gasteiger partial charge < -0.3 is 15.2 Å². The van der Waals surface area contributed by atoms with Crippen molar-refractivity contribution in [2.75, 3.05) is 4.90 Å². The summed E-state index contributed by atoms with van der Waals surface area (Å²) < 4.78 is 13.7. The lowest BCUT2D eigenvalue weighted by Gasteiger charge is -2.27. The fraction of sp³-hybridized carbons (Fsp3) is 0.158. The van der Waals surface area contributed by atoms with Crippen LogP contribution in [0.15, 0.2) is 60.9 Å². The van der Waals surface area contributed by atoms with Crippen molar-refractivity contribution in [2.45, 2.75) is 19.0 Å². The van der Waals surface area contributed by atoms with Crippen LogP contribution in [0.2, 0.25) is 0 Å². The highest BCUT2D eigenvalue weighted by atomic mass is 32.1. The number of aryl methyl sites for hydroxylation is 1. The van der Waals surface area contributed by atoms with E-state index in [0.29, 0.717) is 10.7 Å². The van der Waals surface area contributed by atoms with Crippen molar-refractivity contribution in [2.24, 2.45) is 0 Å². The average Bonchev–Trinajstić information content (AvgIpc) is 3.25. The molecule has 25 heavy (non-hydrogen) atoms. The van der Waals surface area contributed by atoms with Gasteiger partial charge in [0.15, 0.2) is 5.11 Å². The molecule has 1 aliphatic rings. The Balaban J connectivity index is 1.82. The molecule has 2 N–H and O–H groups in total. The summed E-state index contributed by atoms with van der Waals surface area (Å²) >= 11 is 5.61. The third kappa shape index (κ3) is 2.78.